The third-order valence-electron chi connectivity index (χ3n) is 6.08. The summed E-state index contributed by atoms with van der Waals surface area (Å²) in [6.07, 6.45) is 1.30. The lowest BCUT2D eigenvalue weighted by Gasteiger charge is -2.18. The maximum atomic E-state index is 14.1. The number of carbonyl (C=O) groups is 2. The number of carbonyl (C=O) groups excluding carboxylic acids is 2. The van der Waals surface area contributed by atoms with Crippen LogP contribution >= 0.6 is 0 Å². The summed E-state index contributed by atoms with van der Waals surface area (Å²) in [6.45, 7) is 4.89. The Labute approximate surface area is 207 Å². The molecule has 1 aliphatic heterocycles. The fourth-order valence-electron chi connectivity index (χ4n) is 4.08. The predicted molar refractivity (Wildman–Crippen MR) is 134 cm³/mol. The Hall–Kier alpha value is -4.14. The highest BCUT2D eigenvalue weighted by molar-refractivity contribution is 6.28. The standard InChI is InChI=1S/C27H26F2N4O3/c1-5-27(28,29)18-9-6-10-19(14-18)31-25(34)23-17(3)32-33(26(23)35)20-11-12-22(36-4)21(15-20)24-16(2)8-7-13-30-24/h6-15,23H,5H2,1-4H3,(H,31,34). The summed E-state index contributed by atoms with van der Waals surface area (Å²) in [4.78, 5) is 30.7. The number of methoxy groups -OCH3 is 1. The molecule has 0 saturated carbocycles. The molecule has 2 heterocycles. The maximum Gasteiger partial charge on any atom is 0.273 e. The van der Waals surface area contributed by atoms with Gasteiger partial charge in [0.2, 0.25) is 5.91 Å². The second-order valence-corrected chi connectivity index (χ2v) is 8.51. The van der Waals surface area contributed by atoms with Gasteiger partial charge in [0.25, 0.3) is 11.8 Å². The second-order valence-electron chi connectivity index (χ2n) is 8.51. The van der Waals surface area contributed by atoms with Crippen LogP contribution in [0.25, 0.3) is 11.3 Å². The van der Waals surface area contributed by atoms with E-state index in [4.69, 9.17) is 4.74 Å². The number of pyridine rings is 1. The van der Waals surface area contributed by atoms with Crippen LogP contribution in [-0.4, -0.2) is 29.6 Å². The normalized spacial score (nSPS) is 15.6. The van der Waals surface area contributed by atoms with E-state index in [1.54, 1.807) is 38.4 Å². The first-order chi connectivity index (χ1) is 17.2. The predicted octanol–water partition coefficient (Wildman–Crippen LogP) is 5.54. The molecule has 1 atom stereocenters. The van der Waals surface area contributed by atoms with Crippen LogP contribution in [0.3, 0.4) is 0 Å². The van der Waals surface area contributed by atoms with Crippen molar-refractivity contribution in [3.63, 3.8) is 0 Å². The number of alkyl halides is 2. The lowest BCUT2D eigenvalue weighted by molar-refractivity contribution is -0.127. The Balaban J connectivity index is 1.60. The first-order valence-electron chi connectivity index (χ1n) is 11.4. The summed E-state index contributed by atoms with van der Waals surface area (Å²) in [5.74, 6) is -4.83. The number of aromatic nitrogens is 1. The molecule has 0 bridgehead atoms. The van der Waals surface area contributed by atoms with Crippen LogP contribution in [0.2, 0.25) is 0 Å². The first-order valence-corrected chi connectivity index (χ1v) is 11.4. The minimum absolute atomic E-state index is 0.182. The molecular weight excluding hydrogens is 466 g/mol. The van der Waals surface area contributed by atoms with Gasteiger partial charge in [-0.3, -0.25) is 14.6 Å². The molecule has 2 amide bonds. The number of benzene rings is 2. The number of anilines is 2. The molecule has 0 radical (unpaired) electrons. The van der Waals surface area contributed by atoms with Crippen LogP contribution in [-0.2, 0) is 15.5 Å². The largest absolute Gasteiger partial charge is 0.496 e. The topological polar surface area (TPSA) is 83.9 Å². The van der Waals surface area contributed by atoms with Crippen molar-refractivity contribution in [3.05, 3.63) is 71.9 Å². The Morgan fingerprint density at radius 2 is 1.92 bits per heavy atom. The number of halogens is 2. The van der Waals surface area contributed by atoms with E-state index in [2.05, 4.69) is 15.4 Å². The fourth-order valence-corrected chi connectivity index (χ4v) is 4.08. The number of ether oxygens (including phenoxy) is 1. The number of amides is 2. The highest BCUT2D eigenvalue weighted by atomic mass is 19.3. The Kier molecular flexibility index (Phi) is 6.83. The van der Waals surface area contributed by atoms with Gasteiger partial charge < -0.3 is 10.1 Å². The van der Waals surface area contributed by atoms with Gasteiger partial charge in [-0.25, -0.2) is 8.78 Å². The summed E-state index contributed by atoms with van der Waals surface area (Å²) in [5.41, 5.74) is 3.01. The Morgan fingerprint density at radius 1 is 1.14 bits per heavy atom. The van der Waals surface area contributed by atoms with Crippen LogP contribution in [0.4, 0.5) is 20.2 Å². The summed E-state index contributed by atoms with van der Waals surface area (Å²) in [7, 11) is 1.55. The van der Waals surface area contributed by atoms with Gasteiger partial charge >= 0.3 is 0 Å². The van der Waals surface area contributed by atoms with Crippen molar-refractivity contribution >= 4 is 28.9 Å². The van der Waals surface area contributed by atoms with Gasteiger partial charge in [-0.1, -0.05) is 25.1 Å². The molecule has 9 heteroatoms. The molecule has 1 aliphatic rings. The number of hydrogen-bond donors (Lipinski definition) is 1. The zero-order valence-electron chi connectivity index (χ0n) is 20.4. The van der Waals surface area contributed by atoms with E-state index in [0.29, 0.717) is 28.4 Å². The number of nitrogens with zero attached hydrogens (tertiary/aromatic N) is 3. The molecule has 36 heavy (non-hydrogen) atoms. The second kappa shape index (κ2) is 9.85. The van der Waals surface area contributed by atoms with E-state index in [9.17, 15) is 18.4 Å². The van der Waals surface area contributed by atoms with Crippen molar-refractivity contribution in [1.82, 2.24) is 4.98 Å². The molecule has 3 aromatic rings. The Morgan fingerprint density at radius 3 is 2.61 bits per heavy atom. The Bertz CT molecular complexity index is 1360. The van der Waals surface area contributed by atoms with Gasteiger partial charge in [0.1, 0.15) is 5.75 Å². The number of aryl methyl sites for hydroxylation is 1. The summed E-state index contributed by atoms with van der Waals surface area (Å²) >= 11 is 0. The smallest absolute Gasteiger partial charge is 0.273 e. The summed E-state index contributed by atoms with van der Waals surface area (Å²) < 4.78 is 33.7. The lowest BCUT2D eigenvalue weighted by Crippen LogP contribution is -2.36. The van der Waals surface area contributed by atoms with E-state index in [0.717, 1.165) is 5.56 Å². The monoisotopic (exact) mass is 492 g/mol. The molecule has 0 aliphatic carbocycles. The van der Waals surface area contributed by atoms with E-state index >= 15 is 0 Å². The molecule has 0 saturated heterocycles. The average molecular weight is 493 g/mol. The van der Waals surface area contributed by atoms with Crippen molar-refractivity contribution < 1.29 is 23.1 Å². The van der Waals surface area contributed by atoms with Crippen molar-refractivity contribution in [2.45, 2.75) is 33.1 Å². The van der Waals surface area contributed by atoms with Crippen LogP contribution < -0.4 is 15.1 Å². The molecule has 7 nitrogen and oxygen atoms in total. The number of hydrazone groups is 1. The fraction of sp³-hybridized carbons (Fsp3) is 0.259. The number of hydrogen-bond acceptors (Lipinski definition) is 5. The van der Waals surface area contributed by atoms with Crippen LogP contribution in [0, 0.1) is 12.8 Å². The maximum absolute atomic E-state index is 14.1. The number of nitrogens with one attached hydrogen (secondary N) is 1. The SMILES string of the molecule is CCC(F)(F)c1cccc(NC(=O)C2C(=O)N(c3ccc(OC)c(-c4ncccc4C)c3)N=C2C)c1. The van der Waals surface area contributed by atoms with Crippen LogP contribution in [0.5, 0.6) is 5.75 Å². The first kappa shape index (κ1) is 25.0. The zero-order valence-corrected chi connectivity index (χ0v) is 20.4. The van der Waals surface area contributed by atoms with Crippen molar-refractivity contribution in [3.8, 4) is 17.0 Å². The summed E-state index contributed by atoms with van der Waals surface area (Å²) in [6, 6.07) is 14.3. The van der Waals surface area contributed by atoms with Gasteiger partial charge in [-0.15, -0.1) is 0 Å². The third-order valence-corrected chi connectivity index (χ3v) is 6.08. The summed E-state index contributed by atoms with van der Waals surface area (Å²) in [5, 5.41) is 8.08. The third kappa shape index (κ3) is 4.68. The van der Waals surface area contributed by atoms with Crippen molar-refractivity contribution in [2.75, 3.05) is 17.4 Å². The molecule has 4 rings (SSSR count). The quantitative estimate of drug-likeness (QED) is 0.439. The minimum atomic E-state index is -3.02. The van der Waals surface area contributed by atoms with Crippen LogP contribution in [0.1, 0.15) is 31.4 Å². The molecule has 1 aromatic heterocycles. The van der Waals surface area contributed by atoms with Gasteiger partial charge in [0.05, 0.1) is 24.2 Å². The molecule has 0 fully saturated rings. The molecule has 2 aromatic carbocycles. The number of rotatable bonds is 7. The lowest BCUT2D eigenvalue weighted by atomic mass is 10.0. The molecule has 1 N–H and O–H groups in total. The molecule has 186 valence electrons. The van der Waals surface area contributed by atoms with E-state index in [1.165, 1.54) is 36.2 Å². The van der Waals surface area contributed by atoms with Gasteiger partial charge in [0.15, 0.2) is 5.92 Å². The average Bonchev–Trinajstić information content (AvgIpc) is 3.17. The van der Waals surface area contributed by atoms with Gasteiger partial charge in [-0.2, -0.15) is 10.1 Å². The van der Waals surface area contributed by atoms with Crippen molar-refractivity contribution in [1.29, 1.82) is 0 Å². The highest BCUT2D eigenvalue weighted by Crippen LogP contribution is 2.36. The molecule has 1 unspecified atom stereocenters. The minimum Gasteiger partial charge on any atom is -0.496 e. The molecule has 0 spiro atoms. The van der Waals surface area contributed by atoms with Gasteiger partial charge in [-0.05, 0) is 55.8 Å². The molecular formula is C27H26F2N4O3. The van der Waals surface area contributed by atoms with Gasteiger partial charge in [0, 0.05) is 29.4 Å². The van der Waals surface area contributed by atoms with Crippen LogP contribution in [0.15, 0.2) is 65.9 Å². The van der Waals surface area contributed by atoms with E-state index in [1.807, 2.05) is 19.1 Å². The van der Waals surface area contributed by atoms with E-state index in [-0.39, 0.29) is 17.7 Å². The van der Waals surface area contributed by atoms with Crippen molar-refractivity contribution in [2.24, 2.45) is 11.0 Å². The van der Waals surface area contributed by atoms with E-state index < -0.39 is 23.7 Å². The highest BCUT2D eigenvalue weighted by Gasteiger charge is 2.40. The zero-order chi connectivity index (χ0) is 26.0.